The molecule has 4 N–H and O–H groups in total. The largest absolute Gasteiger partial charge is 0.401 e. The van der Waals surface area contributed by atoms with Gasteiger partial charge in [-0.05, 0) is 50.7 Å². The zero-order valence-electron chi connectivity index (χ0n) is 18.0. The fourth-order valence-electron chi connectivity index (χ4n) is 3.99. The highest BCUT2D eigenvalue weighted by Gasteiger charge is 2.41. The average Bonchev–Trinajstić information content (AvgIpc) is 3.23. The van der Waals surface area contributed by atoms with Gasteiger partial charge in [-0.15, -0.1) is 0 Å². The number of ether oxygens (including phenoxy) is 1. The smallest absolute Gasteiger partial charge is 0.254 e. The van der Waals surface area contributed by atoms with Crippen LogP contribution >= 0.6 is 0 Å². The highest BCUT2D eigenvalue weighted by atomic mass is 16.5. The Morgan fingerprint density at radius 2 is 2.17 bits per heavy atom. The lowest BCUT2D eigenvalue weighted by atomic mass is 9.95. The highest BCUT2D eigenvalue weighted by Crippen LogP contribution is 2.42. The van der Waals surface area contributed by atoms with E-state index in [9.17, 15) is 4.79 Å². The monoisotopic (exact) mass is 401 g/mol. The van der Waals surface area contributed by atoms with Crippen molar-refractivity contribution in [1.29, 1.82) is 5.41 Å². The van der Waals surface area contributed by atoms with Crippen LogP contribution in [0.25, 0.3) is 0 Å². The van der Waals surface area contributed by atoms with Gasteiger partial charge in [0.15, 0.2) is 0 Å². The maximum Gasteiger partial charge on any atom is 0.254 e. The van der Waals surface area contributed by atoms with Crippen LogP contribution in [-0.4, -0.2) is 49.7 Å². The lowest BCUT2D eigenvalue weighted by Crippen LogP contribution is -2.27. The van der Waals surface area contributed by atoms with E-state index in [1.54, 1.807) is 18.2 Å². The number of nitrogens with two attached hydrogens (primary N) is 1. The van der Waals surface area contributed by atoms with Gasteiger partial charge in [-0.2, -0.15) is 0 Å². The molecule has 2 aliphatic rings. The standard InChI is InChI=1S/C22H35N5O2/c1-14-6-7-18-12-19(29-21(14)18)9-8-17(10-11-23)20(24)15(2)22(28)26-16(3)25-13-27(4)5/h8-9,11,13-14,17-19,21,23H,3,6-7,10,12,24H2,1-2,4-5H3,(H,26,28)/b9-8+,20-15-,23-11?,25-13+/t14-,17?,18-,19-,21-/m1/s1. The molecule has 0 radical (unpaired) electrons. The zero-order chi connectivity index (χ0) is 21.6. The Hall–Kier alpha value is -2.41. The highest BCUT2D eigenvalue weighted by molar-refractivity contribution is 5.94. The fraction of sp³-hybridized carbons (Fsp3) is 0.591. The van der Waals surface area contributed by atoms with Crippen molar-refractivity contribution in [2.45, 2.75) is 51.7 Å². The van der Waals surface area contributed by atoms with E-state index < -0.39 is 0 Å². The van der Waals surface area contributed by atoms with Gasteiger partial charge in [0.05, 0.1) is 18.5 Å². The first-order valence-corrected chi connectivity index (χ1v) is 10.2. The summed E-state index contributed by atoms with van der Waals surface area (Å²) < 4.78 is 6.20. The average molecular weight is 402 g/mol. The van der Waals surface area contributed by atoms with E-state index in [2.05, 4.69) is 29.9 Å². The van der Waals surface area contributed by atoms with Crippen molar-refractivity contribution in [3.63, 3.8) is 0 Å². The molecule has 29 heavy (non-hydrogen) atoms. The third kappa shape index (κ3) is 6.29. The summed E-state index contributed by atoms with van der Waals surface area (Å²) in [7, 11) is 3.66. The number of amides is 1. The molecule has 1 unspecified atom stereocenters. The van der Waals surface area contributed by atoms with E-state index in [0.29, 0.717) is 35.6 Å². The van der Waals surface area contributed by atoms with Gasteiger partial charge in [0.2, 0.25) is 0 Å². The molecule has 2 rings (SSSR count). The second kappa shape index (κ2) is 10.4. The Morgan fingerprint density at radius 1 is 1.45 bits per heavy atom. The predicted octanol–water partition coefficient (Wildman–Crippen LogP) is 2.81. The summed E-state index contributed by atoms with van der Waals surface area (Å²) in [5.74, 6) is 0.949. The quantitative estimate of drug-likeness (QED) is 0.239. The molecule has 1 amide bonds. The summed E-state index contributed by atoms with van der Waals surface area (Å²) in [6.45, 7) is 7.66. The van der Waals surface area contributed by atoms with Crippen LogP contribution in [0.3, 0.4) is 0 Å². The molecule has 160 valence electrons. The number of nitrogens with one attached hydrogen (secondary N) is 2. The van der Waals surface area contributed by atoms with Crippen molar-refractivity contribution in [2.75, 3.05) is 14.1 Å². The molecule has 0 aromatic rings. The topological polar surface area (TPSA) is 104 Å². The van der Waals surface area contributed by atoms with Crippen molar-refractivity contribution in [2.24, 2.45) is 28.5 Å². The van der Waals surface area contributed by atoms with Gasteiger partial charge in [-0.25, -0.2) is 4.99 Å². The van der Waals surface area contributed by atoms with Crippen LogP contribution in [-0.2, 0) is 9.53 Å². The second-order valence-electron chi connectivity index (χ2n) is 8.31. The molecule has 7 nitrogen and oxygen atoms in total. The second-order valence-corrected chi connectivity index (χ2v) is 8.31. The lowest BCUT2D eigenvalue weighted by Gasteiger charge is -2.17. The number of rotatable bonds is 9. The van der Waals surface area contributed by atoms with Crippen LogP contribution in [0.2, 0.25) is 0 Å². The van der Waals surface area contributed by atoms with Gasteiger partial charge < -0.3 is 26.1 Å². The summed E-state index contributed by atoms with van der Waals surface area (Å²) in [4.78, 5) is 18.3. The molecule has 1 saturated carbocycles. The molecule has 7 heteroatoms. The predicted molar refractivity (Wildman–Crippen MR) is 118 cm³/mol. The van der Waals surface area contributed by atoms with E-state index in [1.165, 1.54) is 19.1 Å². The first-order valence-electron chi connectivity index (χ1n) is 10.2. The molecule has 0 bridgehead atoms. The Balaban J connectivity index is 2.03. The minimum Gasteiger partial charge on any atom is -0.401 e. The molecular weight excluding hydrogens is 366 g/mol. The van der Waals surface area contributed by atoms with Crippen LogP contribution in [0.15, 0.2) is 40.8 Å². The van der Waals surface area contributed by atoms with Crippen LogP contribution in [0.4, 0.5) is 0 Å². The summed E-state index contributed by atoms with van der Waals surface area (Å²) >= 11 is 0. The minimum atomic E-state index is -0.341. The van der Waals surface area contributed by atoms with E-state index in [1.807, 2.05) is 20.2 Å². The van der Waals surface area contributed by atoms with Gasteiger partial charge >= 0.3 is 0 Å². The van der Waals surface area contributed by atoms with Crippen LogP contribution < -0.4 is 11.1 Å². The van der Waals surface area contributed by atoms with Crippen molar-refractivity contribution >= 4 is 18.5 Å². The normalized spacial score (nSPS) is 28.3. The molecular formula is C22H35N5O2. The summed E-state index contributed by atoms with van der Waals surface area (Å²) in [6.07, 6.45) is 11.3. The molecule has 2 fully saturated rings. The van der Waals surface area contributed by atoms with E-state index in [4.69, 9.17) is 15.9 Å². The third-order valence-electron chi connectivity index (χ3n) is 5.69. The number of hydrogen-bond acceptors (Lipinski definition) is 5. The first kappa shape index (κ1) is 22.9. The van der Waals surface area contributed by atoms with Crippen molar-refractivity contribution in [3.8, 4) is 0 Å². The molecule has 1 saturated heterocycles. The van der Waals surface area contributed by atoms with E-state index in [0.717, 1.165) is 6.42 Å². The van der Waals surface area contributed by atoms with Gasteiger partial charge in [0.1, 0.15) is 5.82 Å². The van der Waals surface area contributed by atoms with E-state index >= 15 is 0 Å². The van der Waals surface area contributed by atoms with Crippen molar-refractivity contribution in [1.82, 2.24) is 10.2 Å². The lowest BCUT2D eigenvalue weighted by molar-refractivity contribution is -0.116. The van der Waals surface area contributed by atoms with Crippen LogP contribution in [0, 0.1) is 23.2 Å². The maximum absolute atomic E-state index is 12.5. The zero-order valence-corrected chi connectivity index (χ0v) is 18.0. The molecule has 1 heterocycles. The van der Waals surface area contributed by atoms with Gasteiger partial charge in [0.25, 0.3) is 5.91 Å². The van der Waals surface area contributed by atoms with Crippen LogP contribution in [0.5, 0.6) is 0 Å². The molecule has 5 atom stereocenters. The number of allylic oxidation sites excluding steroid dienone is 1. The van der Waals surface area contributed by atoms with Gasteiger partial charge in [0, 0.05) is 31.3 Å². The number of fused-ring (bicyclic) bond motifs is 1. The molecule has 1 aliphatic heterocycles. The van der Waals surface area contributed by atoms with Gasteiger partial charge in [-0.1, -0.05) is 25.7 Å². The summed E-state index contributed by atoms with van der Waals surface area (Å²) in [5.41, 5.74) is 7.14. The van der Waals surface area contributed by atoms with Crippen LogP contribution in [0.1, 0.15) is 39.5 Å². The van der Waals surface area contributed by atoms with Gasteiger partial charge in [-0.3, -0.25) is 4.79 Å². The van der Waals surface area contributed by atoms with Crippen molar-refractivity contribution < 1.29 is 9.53 Å². The maximum atomic E-state index is 12.5. The van der Waals surface area contributed by atoms with Crippen molar-refractivity contribution in [3.05, 3.63) is 35.8 Å². The minimum absolute atomic E-state index is 0.0862. The molecule has 1 aliphatic carbocycles. The number of hydrogen-bond donors (Lipinski definition) is 3. The Kier molecular flexibility index (Phi) is 8.20. The third-order valence-corrected chi connectivity index (χ3v) is 5.69. The number of carbonyl (C=O) groups is 1. The Morgan fingerprint density at radius 3 is 2.79 bits per heavy atom. The van der Waals surface area contributed by atoms with E-state index in [-0.39, 0.29) is 23.8 Å². The summed E-state index contributed by atoms with van der Waals surface area (Å²) in [5, 5.41) is 10.1. The summed E-state index contributed by atoms with van der Waals surface area (Å²) in [6, 6.07) is 0. The molecule has 0 spiro atoms. The number of nitrogens with zero attached hydrogens (tertiary/aromatic N) is 2. The number of carbonyl (C=O) groups excluding carboxylic acids is 1. The molecule has 0 aromatic heterocycles. The Labute approximate surface area is 174 Å². The Bertz CT molecular complexity index is 710. The fourth-order valence-corrected chi connectivity index (χ4v) is 3.99. The molecule has 0 aromatic carbocycles. The number of aliphatic imine (C=N–C) groups is 1. The first-order chi connectivity index (χ1) is 13.7. The SMILES string of the molecule is C=C(/N=C/N(C)C)NC(=O)/C(C)=C(\N)C(/C=C/[C@@H]1C[C@H]2CC[C@@H](C)[C@H]2O1)CC=N.